The summed E-state index contributed by atoms with van der Waals surface area (Å²) in [5.74, 6) is -0.0573. The van der Waals surface area contributed by atoms with Gasteiger partial charge in [-0.3, -0.25) is 14.5 Å². The van der Waals surface area contributed by atoms with Crippen molar-refractivity contribution in [2.45, 2.75) is 26.3 Å². The molecule has 2 amide bonds. The van der Waals surface area contributed by atoms with Gasteiger partial charge in [-0.1, -0.05) is 13.8 Å². The molecule has 0 bridgehead atoms. The van der Waals surface area contributed by atoms with Crippen LogP contribution >= 0.6 is 0 Å². The van der Waals surface area contributed by atoms with Gasteiger partial charge in [-0.05, 0) is 5.92 Å². The molecule has 1 fully saturated rings. The van der Waals surface area contributed by atoms with Crippen molar-refractivity contribution in [2.75, 3.05) is 6.54 Å². The maximum absolute atomic E-state index is 11.2. The van der Waals surface area contributed by atoms with Gasteiger partial charge in [0.1, 0.15) is 0 Å². The molecule has 12 heavy (non-hydrogen) atoms. The number of carbonyl (C=O) groups excluding carboxylic acids is 2. The second-order valence-corrected chi connectivity index (χ2v) is 3.55. The summed E-state index contributed by atoms with van der Waals surface area (Å²) in [6.07, 6.45) is 0.172. The van der Waals surface area contributed by atoms with E-state index >= 15 is 0 Å². The zero-order valence-electron chi connectivity index (χ0n) is 7.41. The topological polar surface area (TPSA) is 63.4 Å². The van der Waals surface area contributed by atoms with E-state index in [0.717, 1.165) is 0 Å². The smallest absolute Gasteiger partial charge is 0.246 e. The van der Waals surface area contributed by atoms with Crippen LogP contribution in [0.2, 0.25) is 0 Å². The Hall–Kier alpha value is -0.900. The van der Waals surface area contributed by atoms with E-state index in [1.807, 2.05) is 13.8 Å². The first-order valence-electron chi connectivity index (χ1n) is 4.12. The van der Waals surface area contributed by atoms with Crippen LogP contribution in [-0.2, 0) is 9.59 Å². The van der Waals surface area contributed by atoms with Crippen LogP contribution in [0.15, 0.2) is 0 Å². The van der Waals surface area contributed by atoms with Gasteiger partial charge >= 0.3 is 0 Å². The predicted octanol–water partition coefficient (Wildman–Crippen LogP) is -0.271. The number of likely N-dealkylation sites (tertiary alicyclic amines) is 1. The van der Waals surface area contributed by atoms with Crippen LogP contribution in [0.4, 0.5) is 0 Å². The number of hydrogen-bond acceptors (Lipinski definition) is 3. The number of carbonyl (C=O) groups is 2. The van der Waals surface area contributed by atoms with Gasteiger partial charge in [0.2, 0.25) is 11.8 Å². The van der Waals surface area contributed by atoms with E-state index in [2.05, 4.69) is 0 Å². The molecule has 0 aromatic carbocycles. The molecule has 1 saturated heterocycles. The summed E-state index contributed by atoms with van der Waals surface area (Å²) in [6, 6.07) is -0.601. The van der Waals surface area contributed by atoms with Crippen molar-refractivity contribution in [1.29, 1.82) is 0 Å². The van der Waals surface area contributed by atoms with Crippen molar-refractivity contribution in [3.8, 4) is 0 Å². The number of amides is 2. The first-order chi connectivity index (χ1) is 5.52. The summed E-state index contributed by atoms with van der Waals surface area (Å²) in [5, 5.41) is 0. The quantitative estimate of drug-likeness (QED) is 0.580. The van der Waals surface area contributed by atoms with E-state index in [9.17, 15) is 9.59 Å². The van der Waals surface area contributed by atoms with Crippen LogP contribution in [0.5, 0.6) is 0 Å². The highest BCUT2D eigenvalue weighted by molar-refractivity contribution is 6.05. The molecular weight excluding hydrogens is 156 g/mol. The van der Waals surface area contributed by atoms with E-state index in [1.165, 1.54) is 4.90 Å². The number of rotatable bonds is 2. The number of imide groups is 1. The number of nitrogens with zero attached hydrogens (tertiary/aromatic N) is 1. The molecule has 1 aliphatic heterocycles. The monoisotopic (exact) mass is 170 g/mol. The molecule has 0 aromatic heterocycles. The second kappa shape index (κ2) is 3.23. The highest BCUT2D eigenvalue weighted by Gasteiger charge is 2.35. The molecule has 0 aliphatic carbocycles. The molecule has 1 aliphatic rings. The minimum Gasteiger partial charge on any atom is -0.319 e. The maximum Gasteiger partial charge on any atom is 0.246 e. The Morgan fingerprint density at radius 3 is 2.50 bits per heavy atom. The minimum absolute atomic E-state index is 0.138. The summed E-state index contributed by atoms with van der Waals surface area (Å²) in [6.45, 7) is 4.42. The van der Waals surface area contributed by atoms with Crippen LogP contribution in [0.3, 0.4) is 0 Å². The van der Waals surface area contributed by atoms with E-state index in [4.69, 9.17) is 5.73 Å². The molecule has 0 radical (unpaired) electrons. The molecule has 0 aromatic rings. The molecular formula is C8H14N2O2. The van der Waals surface area contributed by atoms with E-state index in [-0.39, 0.29) is 18.2 Å². The molecule has 1 rings (SSSR count). The van der Waals surface area contributed by atoms with Gasteiger partial charge in [0.25, 0.3) is 0 Å². The normalized spacial score (nSPS) is 24.3. The van der Waals surface area contributed by atoms with E-state index in [0.29, 0.717) is 12.5 Å². The van der Waals surface area contributed by atoms with Gasteiger partial charge in [-0.15, -0.1) is 0 Å². The summed E-state index contributed by atoms with van der Waals surface area (Å²) in [4.78, 5) is 23.6. The fraction of sp³-hybridized carbons (Fsp3) is 0.750. The van der Waals surface area contributed by atoms with E-state index < -0.39 is 6.04 Å². The summed E-state index contributed by atoms with van der Waals surface area (Å²) in [7, 11) is 0. The van der Waals surface area contributed by atoms with Crippen molar-refractivity contribution < 1.29 is 9.59 Å². The standard InChI is InChI=1S/C8H14N2O2/c1-5(2)4-10-7(11)3-6(9)8(10)12/h5-6H,3-4,9H2,1-2H3/t6-/m1/s1. The first-order valence-corrected chi connectivity index (χ1v) is 4.12. The lowest BCUT2D eigenvalue weighted by atomic mass is 10.2. The van der Waals surface area contributed by atoms with Crippen LogP contribution in [0, 0.1) is 5.92 Å². The zero-order valence-corrected chi connectivity index (χ0v) is 7.41. The second-order valence-electron chi connectivity index (χ2n) is 3.55. The fourth-order valence-corrected chi connectivity index (χ4v) is 1.27. The van der Waals surface area contributed by atoms with Crippen molar-refractivity contribution in [2.24, 2.45) is 11.7 Å². The van der Waals surface area contributed by atoms with Crippen LogP contribution < -0.4 is 5.73 Å². The lowest BCUT2D eigenvalue weighted by molar-refractivity contribution is -0.139. The Labute approximate surface area is 71.7 Å². The summed E-state index contributed by atoms with van der Waals surface area (Å²) in [5.41, 5.74) is 5.42. The molecule has 4 nitrogen and oxygen atoms in total. The molecule has 0 spiro atoms. The molecule has 2 N–H and O–H groups in total. The van der Waals surface area contributed by atoms with Gasteiger partial charge in [-0.2, -0.15) is 0 Å². The largest absolute Gasteiger partial charge is 0.319 e. The fourth-order valence-electron chi connectivity index (χ4n) is 1.27. The number of nitrogens with two attached hydrogens (primary N) is 1. The maximum atomic E-state index is 11.2. The lowest BCUT2D eigenvalue weighted by Gasteiger charge is -2.15. The van der Waals surface area contributed by atoms with Crippen LogP contribution in [-0.4, -0.2) is 29.3 Å². The molecule has 1 atom stereocenters. The Morgan fingerprint density at radius 2 is 2.17 bits per heavy atom. The minimum atomic E-state index is -0.601. The molecule has 0 saturated carbocycles. The molecule has 1 heterocycles. The third-order valence-electron chi connectivity index (χ3n) is 1.83. The Kier molecular flexibility index (Phi) is 2.47. The van der Waals surface area contributed by atoms with Crippen LogP contribution in [0.25, 0.3) is 0 Å². The first kappa shape index (κ1) is 9.19. The van der Waals surface area contributed by atoms with Crippen molar-refractivity contribution in [1.82, 2.24) is 4.90 Å². The van der Waals surface area contributed by atoms with Gasteiger partial charge in [-0.25, -0.2) is 0 Å². The number of hydrogen-bond donors (Lipinski definition) is 1. The van der Waals surface area contributed by atoms with Gasteiger partial charge in [0.15, 0.2) is 0 Å². The van der Waals surface area contributed by atoms with E-state index in [1.54, 1.807) is 0 Å². The SMILES string of the molecule is CC(C)CN1C(=O)C[C@@H](N)C1=O. The Morgan fingerprint density at radius 1 is 1.58 bits per heavy atom. The third kappa shape index (κ3) is 1.64. The van der Waals surface area contributed by atoms with Crippen molar-refractivity contribution in [3.63, 3.8) is 0 Å². The van der Waals surface area contributed by atoms with Crippen molar-refractivity contribution >= 4 is 11.8 Å². The molecule has 4 heteroatoms. The zero-order chi connectivity index (χ0) is 9.30. The average molecular weight is 170 g/mol. The lowest BCUT2D eigenvalue weighted by Crippen LogP contribution is -2.37. The summed E-state index contributed by atoms with van der Waals surface area (Å²) >= 11 is 0. The highest BCUT2D eigenvalue weighted by Crippen LogP contribution is 2.12. The highest BCUT2D eigenvalue weighted by atomic mass is 16.2. The Balaban J connectivity index is 2.64. The van der Waals surface area contributed by atoms with Crippen molar-refractivity contribution in [3.05, 3.63) is 0 Å². The van der Waals surface area contributed by atoms with Gasteiger partial charge in [0.05, 0.1) is 12.5 Å². The van der Waals surface area contributed by atoms with Gasteiger partial charge in [0, 0.05) is 6.54 Å². The summed E-state index contributed by atoms with van der Waals surface area (Å²) < 4.78 is 0. The predicted molar refractivity (Wildman–Crippen MR) is 44.2 cm³/mol. The van der Waals surface area contributed by atoms with Gasteiger partial charge < -0.3 is 5.73 Å². The Bertz CT molecular complexity index is 213. The third-order valence-corrected chi connectivity index (χ3v) is 1.83. The van der Waals surface area contributed by atoms with Crippen LogP contribution in [0.1, 0.15) is 20.3 Å². The molecule has 68 valence electrons. The molecule has 0 unspecified atom stereocenters. The average Bonchev–Trinajstić information content (AvgIpc) is 2.16.